The van der Waals surface area contributed by atoms with E-state index in [2.05, 4.69) is 10.3 Å². The second-order valence-electron chi connectivity index (χ2n) is 4.82. The molecule has 0 fully saturated rings. The molecule has 0 unspecified atom stereocenters. The number of carbonyl (C=O) groups excluding carboxylic acids is 2. The Morgan fingerprint density at radius 3 is 2.71 bits per heavy atom. The second-order valence-corrected chi connectivity index (χ2v) is 5.75. The Morgan fingerprint density at radius 1 is 1.17 bits per heavy atom. The van der Waals surface area contributed by atoms with Crippen molar-refractivity contribution >= 4 is 40.4 Å². The van der Waals surface area contributed by atoms with Crippen molar-refractivity contribution in [2.75, 3.05) is 18.2 Å². The molecule has 0 saturated heterocycles. The van der Waals surface area contributed by atoms with E-state index in [-0.39, 0.29) is 11.7 Å². The summed E-state index contributed by atoms with van der Waals surface area (Å²) in [5, 5.41) is 3.12. The van der Waals surface area contributed by atoms with Crippen molar-refractivity contribution in [3.8, 4) is 0 Å². The van der Waals surface area contributed by atoms with Gasteiger partial charge in [0.05, 0.1) is 24.1 Å². The van der Waals surface area contributed by atoms with E-state index in [4.69, 9.17) is 9.15 Å². The lowest BCUT2D eigenvalue weighted by molar-refractivity contribution is -0.113. The maximum Gasteiger partial charge on any atom is 0.339 e. The molecule has 3 aromatic rings. The molecule has 122 valence electrons. The van der Waals surface area contributed by atoms with Crippen LogP contribution < -0.4 is 5.32 Å². The molecule has 0 bridgehead atoms. The van der Waals surface area contributed by atoms with Gasteiger partial charge in [0.2, 0.25) is 5.91 Å². The van der Waals surface area contributed by atoms with E-state index in [1.54, 1.807) is 24.3 Å². The zero-order valence-electron chi connectivity index (χ0n) is 12.8. The minimum Gasteiger partial charge on any atom is -0.465 e. The molecule has 0 spiro atoms. The maximum atomic E-state index is 12.1. The highest BCUT2D eigenvalue weighted by atomic mass is 32.2. The van der Waals surface area contributed by atoms with Gasteiger partial charge in [-0.15, -0.1) is 0 Å². The van der Waals surface area contributed by atoms with Gasteiger partial charge in [0, 0.05) is 0 Å². The molecular weight excluding hydrogens is 328 g/mol. The van der Waals surface area contributed by atoms with Gasteiger partial charge >= 0.3 is 5.97 Å². The van der Waals surface area contributed by atoms with E-state index in [0.29, 0.717) is 22.1 Å². The first-order valence-electron chi connectivity index (χ1n) is 7.13. The van der Waals surface area contributed by atoms with Crippen LogP contribution in [0.4, 0.5) is 5.69 Å². The van der Waals surface area contributed by atoms with Crippen LogP contribution in [0.1, 0.15) is 10.4 Å². The molecule has 0 aliphatic rings. The van der Waals surface area contributed by atoms with Crippen LogP contribution in [0.2, 0.25) is 0 Å². The third kappa shape index (κ3) is 3.57. The summed E-state index contributed by atoms with van der Waals surface area (Å²) in [7, 11) is 1.30. The number of amides is 1. The van der Waals surface area contributed by atoms with Gasteiger partial charge in [-0.2, -0.15) is 0 Å². The summed E-state index contributed by atoms with van der Waals surface area (Å²) in [5.74, 6) is -0.654. The van der Waals surface area contributed by atoms with Crippen LogP contribution >= 0.6 is 11.8 Å². The summed E-state index contributed by atoms with van der Waals surface area (Å²) in [6.45, 7) is 0. The van der Waals surface area contributed by atoms with Crippen molar-refractivity contribution in [3.05, 3.63) is 54.1 Å². The highest BCUT2D eigenvalue weighted by Gasteiger charge is 2.14. The Bertz CT molecular complexity index is 858. The summed E-state index contributed by atoms with van der Waals surface area (Å²) in [6.07, 6.45) is 0. The van der Waals surface area contributed by atoms with Crippen molar-refractivity contribution in [1.29, 1.82) is 0 Å². The Hall–Kier alpha value is -2.80. The van der Waals surface area contributed by atoms with Gasteiger partial charge < -0.3 is 14.5 Å². The Kier molecular flexibility index (Phi) is 4.81. The molecule has 24 heavy (non-hydrogen) atoms. The molecule has 0 atom stereocenters. The number of aromatic nitrogens is 1. The molecule has 7 heteroatoms. The van der Waals surface area contributed by atoms with Crippen LogP contribution in [0, 0.1) is 0 Å². The van der Waals surface area contributed by atoms with Crippen LogP contribution in [-0.2, 0) is 9.53 Å². The van der Waals surface area contributed by atoms with Crippen LogP contribution in [0.25, 0.3) is 11.1 Å². The first kappa shape index (κ1) is 16.1. The van der Waals surface area contributed by atoms with E-state index >= 15 is 0 Å². The third-order valence-electron chi connectivity index (χ3n) is 3.21. The van der Waals surface area contributed by atoms with Crippen molar-refractivity contribution in [1.82, 2.24) is 4.98 Å². The number of rotatable bonds is 5. The molecule has 3 rings (SSSR count). The lowest BCUT2D eigenvalue weighted by Crippen LogP contribution is -2.17. The van der Waals surface area contributed by atoms with Crippen LogP contribution in [0.15, 0.2) is 58.2 Å². The highest BCUT2D eigenvalue weighted by molar-refractivity contribution is 7.99. The Labute approximate surface area is 142 Å². The number of ether oxygens (including phenoxy) is 1. The quantitative estimate of drug-likeness (QED) is 0.566. The lowest BCUT2D eigenvalue weighted by atomic mass is 10.2. The second kappa shape index (κ2) is 7.18. The number of anilines is 1. The molecule has 0 saturated carbocycles. The van der Waals surface area contributed by atoms with E-state index < -0.39 is 5.97 Å². The summed E-state index contributed by atoms with van der Waals surface area (Å²) in [4.78, 5) is 28.1. The Balaban J connectivity index is 1.65. The zero-order chi connectivity index (χ0) is 16.9. The monoisotopic (exact) mass is 342 g/mol. The zero-order valence-corrected chi connectivity index (χ0v) is 13.6. The standard InChI is InChI=1S/C17H14N2O4S/c1-22-16(21)11-6-2-3-7-12(11)18-15(20)10-24-17-19-13-8-4-5-9-14(13)23-17/h2-9H,10H2,1H3,(H,18,20). The third-order valence-corrected chi connectivity index (χ3v) is 4.04. The fourth-order valence-corrected chi connectivity index (χ4v) is 2.74. The van der Waals surface area contributed by atoms with Gasteiger partial charge in [0.1, 0.15) is 5.52 Å². The first-order chi connectivity index (χ1) is 11.7. The molecule has 1 aromatic heterocycles. The lowest BCUT2D eigenvalue weighted by Gasteiger charge is -2.08. The molecule has 0 radical (unpaired) electrons. The number of esters is 1. The number of nitrogens with zero attached hydrogens (tertiary/aromatic N) is 1. The smallest absolute Gasteiger partial charge is 0.339 e. The SMILES string of the molecule is COC(=O)c1ccccc1NC(=O)CSc1nc2ccccc2o1. The van der Waals surface area contributed by atoms with Crippen molar-refractivity contribution < 1.29 is 18.7 Å². The summed E-state index contributed by atoms with van der Waals surface area (Å²) in [6, 6.07) is 14.1. The number of fused-ring (bicyclic) bond motifs is 1. The number of para-hydroxylation sites is 3. The van der Waals surface area contributed by atoms with Gasteiger partial charge in [0.15, 0.2) is 5.58 Å². The van der Waals surface area contributed by atoms with Crippen LogP contribution in [0.3, 0.4) is 0 Å². The molecule has 1 heterocycles. The minimum absolute atomic E-state index is 0.113. The van der Waals surface area contributed by atoms with E-state index in [1.807, 2.05) is 24.3 Å². The molecule has 0 aliphatic heterocycles. The molecule has 1 N–H and O–H groups in total. The average Bonchev–Trinajstić information content (AvgIpc) is 3.03. The summed E-state index contributed by atoms with van der Waals surface area (Å²) < 4.78 is 10.2. The van der Waals surface area contributed by atoms with Crippen LogP contribution in [0.5, 0.6) is 0 Å². The topological polar surface area (TPSA) is 81.4 Å². The number of nitrogens with one attached hydrogen (secondary N) is 1. The predicted octanol–water partition coefficient (Wildman–Crippen LogP) is 3.35. The van der Waals surface area contributed by atoms with Gasteiger partial charge in [-0.3, -0.25) is 4.79 Å². The number of carbonyl (C=O) groups is 2. The van der Waals surface area contributed by atoms with Crippen molar-refractivity contribution in [2.24, 2.45) is 0 Å². The first-order valence-corrected chi connectivity index (χ1v) is 8.11. The fourth-order valence-electron chi connectivity index (χ4n) is 2.11. The minimum atomic E-state index is -0.502. The molecule has 6 nitrogen and oxygen atoms in total. The summed E-state index contributed by atoms with van der Waals surface area (Å²) in [5.41, 5.74) is 2.14. The number of benzene rings is 2. The fraction of sp³-hybridized carbons (Fsp3) is 0.118. The summed E-state index contributed by atoms with van der Waals surface area (Å²) >= 11 is 1.19. The normalized spacial score (nSPS) is 10.5. The number of hydrogen-bond acceptors (Lipinski definition) is 6. The van der Waals surface area contributed by atoms with Crippen molar-refractivity contribution in [2.45, 2.75) is 5.22 Å². The average molecular weight is 342 g/mol. The van der Waals surface area contributed by atoms with Crippen LogP contribution in [-0.4, -0.2) is 29.7 Å². The number of methoxy groups -OCH3 is 1. The maximum absolute atomic E-state index is 12.1. The van der Waals surface area contributed by atoms with Gasteiger partial charge in [-0.05, 0) is 24.3 Å². The molecule has 1 amide bonds. The largest absolute Gasteiger partial charge is 0.465 e. The Morgan fingerprint density at radius 2 is 1.92 bits per heavy atom. The van der Waals surface area contributed by atoms with E-state index in [9.17, 15) is 9.59 Å². The number of hydrogen-bond donors (Lipinski definition) is 1. The molecule has 0 aliphatic carbocycles. The van der Waals surface area contributed by atoms with Gasteiger partial charge in [0.25, 0.3) is 5.22 Å². The van der Waals surface area contributed by atoms with Gasteiger partial charge in [-0.25, -0.2) is 9.78 Å². The molecular formula is C17H14N2O4S. The van der Waals surface area contributed by atoms with E-state index in [0.717, 1.165) is 5.52 Å². The van der Waals surface area contributed by atoms with E-state index in [1.165, 1.54) is 18.9 Å². The number of oxazole rings is 1. The van der Waals surface area contributed by atoms with Crippen molar-refractivity contribution in [3.63, 3.8) is 0 Å². The number of thioether (sulfide) groups is 1. The predicted molar refractivity (Wildman–Crippen MR) is 91.1 cm³/mol. The van der Waals surface area contributed by atoms with Gasteiger partial charge in [-0.1, -0.05) is 36.0 Å². The molecule has 2 aromatic carbocycles. The highest BCUT2D eigenvalue weighted by Crippen LogP contribution is 2.23.